The van der Waals surface area contributed by atoms with Gasteiger partial charge >= 0.3 is 5.97 Å². The zero-order valence-corrected chi connectivity index (χ0v) is 15.1. The number of carboxylic acid groups (broad SMARTS) is 1. The number of hydrogen-bond acceptors (Lipinski definition) is 4. The van der Waals surface area contributed by atoms with E-state index in [2.05, 4.69) is 6.92 Å². The molecule has 0 saturated carbocycles. The Bertz CT molecular complexity index is 461. The molecule has 0 aliphatic carbocycles. The number of carboxylic acids is 1. The highest BCUT2D eigenvalue weighted by Gasteiger charge is 2.18. The number of rotatable bonds is 14. The predicted molar refractivity (Wildman–Crippen MR) is 100.0 cm³/mol. The molecule has 0 aliphatic heterocycles. The van der Waals surface area contributed by atoms with Crippen LogP contribution in [-0.2, 0) is 4.79 Å². The fourth-order valence-corrected chi connectivity index (χ4v) is 2.12. The van der Waals surface area contributed by atoms with Crippen molar-refractivity contribution in [3.63, 3.8) is 0 Å². The Morgan fingerprint density at radius 1 is 0.960 bits per heavy atom. The first-order valence-electron chi connectivity index (χ1n) is 8.91. The maximum absolute atomic E-state index is 10.4. The maximum Gasteiger partial charge on any atom is 0.303 e. The van der Waals surface area contributed by atoms with Crippen molar-refractivity contribution in [1.29, 1.82) is 0 Å². The average molecular weight is 352 g/mol. The molecule has 0 aromatic carbocycles. The van der Waals surface area contributed by atoms with Crippen LogP contribution in [0.3, 0.4) is 0 Å². The van der Waals surface area contributed by atoms with Gasteiger partial charge in [0.15, 0.2) is 5.79 Å². The number of aliphatic hydroxyl groups is 3. The monoisotopic (exact) mass is 352 g/mol. The van der Waals surface area contributed by atoms with Gasteiger partial charge in [-0.3, -0.25) is 4.79 Å². The molecule has 0 aromatic heterocycles. The fraction of sp³-hybridized carbons (Fsp3) is 0.550. The summed E-state index contributed by atoms with van der Waals surface area (Å²) in [6.07, 6.45) is 18.2. The Kier molecular flexibility index (Phi) is 13.6. The summed E-state index contributed by atoms with van der Waals surface area (Å²) in [6.45, 7) is 2.16. The molecule has 0 aromatic rings. The molecule has 0 saturated heterocycles. The summed E-state index contributed by atoms with van der Waals surface area (Å²) in [7, 11) is 0. The number of carbonyl (C=O) groups is 1. The van der Waals surface area contributed by atoms with Crippen molar-refractivity contribution in [2.45, 2.75) is 70.2 Å². The second kappa shape index (κ2) is 14.6. The Balaban J connectivity index is 3.99. The van der Waals surface area contributed by atoms with Gasteiger partial charge in [0.25, 0.3) is 0 Å². The third-order valence-corrected chi connectivity index (χ3v) is 3.54. The lowest BCUT2D eigenvalue weighted by Gasteiger charge is -2.16. The lowest BCUT2D eigenvalue weighted by atomic mass is 10.1. The summed E-state index contributed by atoms with van der Waals surface area (Å²) in [5, 5.41) is 37.5. The van der Waals surface area contributed by atoms with Crippen LogP contribution in [0.2, 0.25) is 0 Å². The Morgan fingerprint density at radius 3 is 2.24 bits per heavy atom. The first-order chi connectivity index (χ1) is 11.9. The van der Waals surface area contributed by atoms with E-state index >= 15 is 0 Å². The molecule has 0 aliphatic rings. The molecule has 5 heteroatoms. The number of hydrogen-bond donors (Lipinski definition) is 4. The molecule has 142 valence electrons. The minimum Gasteiger partial charge on any atom is -0.481 e. The number of aliphatic hydroxyl groups excluding tert-OH is 1. The highest BCUT2D eigenvalue weighted by Crippen LogP contribution is 2.12. The Hall–Kier alpha value is -1.69. The molecule has 0 heterocycles. The van der Waals surface area contributed by atoms with Crippen molar-refractivity contribution in [2.24, 2.45) is 0 Å². The van der Waals surface area contributed by atoms with Crippen molar-refractivity contribution < 1.29 is 25.2 Å². The first-order valence-corrected chi connectivity index (χ1v) is 8.91. The van der Waals surface area contributed by atoms with Crippen LogP contribution in [0, 0.1) is 0 Å². The van der Waals surface area contributed by atoms with E-state index in [-0.39, 0.29) is 19.3 Å². The van der Waals surface area contributed by atoms with Crippen LogP contribution < -0.4 is 0 Å². The van der Waals surface area contributed by atoms with Gasteiger partial charge in [-0.25, -0.2) is 0 Å². The summed E-state index contributed by atoms with van der Waals surface area (Å²) in [6, 6.07) is 0. The Morgan fingerprint density at radius 2 is 1.60 bits per heavy atom. The lowest BCUT2D eigenvalue weighted by molar-refractivity contribution is -0.139. The van der Waals surface area contributed by atoms with E-state index in [9.17, 15) is 20.1 Å². The van der Waals surface area contributed by atoms with Gasteiger partial charge in [0.2, 0.25) is 0 Å². The molecule has 0 amide bonds. The number of aliphatic carboxylic acids is 1. The van der Waals surface area contributed by atoms with Crippen LogP contribution in [-0.4, -0.2) is 38.3 Å². The second-order valence-electron chi connectivity index (χ2n) is 6.06. The van der Waals surface area contributed by atoms with E-state index in [1.54, 1.807) is 36.5 Å². The van der Waals surface area contributed by atoms with Gasteiger partial charge in [0.05, 0.1) is 6.10 Å². The first kappa shape index (κ1) is 23.3. The third kappa shape index (κ3) is 16.9. The van der Waals surface area contributed by atoms with E-state index in [4.69, 9.17) is 5.11 Å². The molecule has 4 N–H and O–H groups in total. The smallest absolute Gasteiger partial charge is 0.303 e. The SMILES string of the molecule is CCCCCC[C@@H](O)/C=C/C=C/C=C\C=C\C(O)(O)CCCC(=O)O. The quantitative estimate of drug-likeness (QED) is 0.218. The van der Waals surface area contributed by atoms with Crippen LogP contribution in [0.15, 0.2) is 48.6 Å². The van der Waals surface area contributed by atoms with Crippen LogP contribution in [0.4, 0.5) is 0 Å². The van der Waals surface area contributed by atoms with Crippen molar-refractivity contribution in [3.05, 3.63) is 48.6 Å². The van der Waals surface area contributed by atoms with E-state index < -0.39 is 17.9 Å². The largest absolute Gasteiger partial charge is 0.481 e. The van der Waals surface area contributed by atoms with Gasteiger partial charge in [-0.2, -0.15) is 0 Å². The Labute approximate surface area is 150 Å². The zero-order chi connectivity index (χ0) is 19.0. The summed E-state index contributed by atoms with van der Waals surface area (Å²) >= 11 is 0. The van der Waals surface area contributed by atoms with Gasteiger partial charge in [-0.05, 0) is 18.9 Å². The fourth-order valence-electron chi connectivity index (χ4n) is 2.12. The van der Waals surface area contributed by atoms with E-state index in [1.807, 2.05) is 0 Å². The summed E-state index contributed by atoms with van der Waals surface area (Å²) in [5.41, 5.74) is 0. The molecule has 1 atom stereocenters. The molecule has 0 bridgehead atoms. The molecule has 0 unspecified atom stereocenters. The third-order valence-electron chi connectivity index (χ3n) is 3.54. The van der Waals surface area contributed by atoms with Crippen molar-refractivity contribution in [1.82, 2.24) is 0 Å². The van der Waals surface area contributed by atoms with Gasteiger partial charge < -0.3 is 20.4 Å². The lowest BCUT2D eigenvalue weighted by Crippen LogP contribution is -2.24. The number of allylic oxidation sites excluding steroid dienone is 6. The molecule has 0 rings (SSSR count). The minimum absolute atomic E-state index is 0.0294. The van der Waals surface area contributed by atoms with E-state index in [0.717, 1.165) is 19.3 Å². The zero-order valence-electron chi connectivity index (χ0n) is 15.1. The normalized spacial score (nSPS) is 14.4. The van der Waals surface area contributed by atoms with Gasteiger partial charge in [0.1, 0.15) is 0 Å². The van der Waals surface area contributed by atoms with Crippen LogP contribution in [0.5, 0.6) is 0 Å². The molecule has 0 radical (unpaired) electrons. The standard InChI is InChI=1S/C20H32O5/c1-2-3-4-9-13-18(21)14-10-7-5-6-8-11-16-20(24,25)17-12-15-19(22)23/h5-8,10-11,14,16,18,21,24-25H,2-4,9,12-13,15,17H2,1H3,(H,22,23)/b7-5+,8-6-,14-10+,16-11+/t18-/m1/s1. The van der Waals surface area contributed by atoms with Crippen molar-refractivity contribution in [2.75, 3.05) is 0 Å². The van der Waals surface area contributed by atoms with E-state index in [1.165, 1.54) is 25.0 Å². The van der Waals surface area contributed by atoms with Crippen molar-refractivity contribution in [3.8, 4) is 0 Å². The molecule has 0 spiro atoms. The van der Waals surface area contributed by atoms with Crippen LogP contribution in [0.1, 0.15) is 58.3 Å². The summed E-state index contributed by atoms with van der Waals surface area (Å²) in [4.78, 5) is 10.4. The molecular weight excluding hydrogens is 320 g/mol. The molecule has 25 heavy (non-hydrogen) atoms. The van der Waals surface area contributed by atoms with Crippen LogP contribution in [0.25, 0.3) is 0 Å². The maximum atomic E-state index is 10.4. The van der Waals surface area contributed by atoms with Gasteiger partial charge in [0, 0.05) is 12.8 Å². The number of unbranched alkanes of at least 4 members (excludes halogenated alkanes) is 3. The minimum atomic E-state index is -1.99. The summed E-state index contributed by atoms with van der Waals surface area (Å²) in [5.74, 6) is -2.95. The highest BCUT2D eigenvalue weighted by atomic mass is 16.5. The van der Waals surface area contributed by atoms with Crippen molar-refractivity contribution >= 4 is 5.97 Å². The highest BCUT2D eigenvalue weighted by molar-refractivity contribution is 5.66. The van der Waals surface area contributed by atoms with Gasteiger partial charge in [-0.15, -0.1) is 0 Å². The van der Waals surface area contributed by atoms with Crippen LogP contribution >= 0.6 is 0 Å². The van der Waals surface area contributed by atoms with E-state index in [0.29, 0.717) is 0 Å². The second-order valence-corrected chi connectivity index (χ2v) is 6.06. The molecule has 0 fully saturated rings. The topological polar surface area (TPSA) is 98.0 Å². The predicted octanol–water partition coefficient (Wildman–Crippen LogP) is 3.48. The summed E-state index contributed by atoms with van der Waals surface area (Å²) < 4.78 is 0. The van der Waals surface area contributed by atoms with Gasteiger partial charge in [-0.1, -0.05) is 75.1 Å². The average Bonchev–Trinajstić information content (AvgIpc) is 2.53. The molecular formula is C20H32O5. The molecule has 5 nitrogen and oxygen atoms in total.